The minimum absolute atomic E-state index is 0. The van der Waals surface area contributed by atoms with Crippen molar-refractivity contribution in [1.82, 2.24) is 4.98 Å². The summed E-state index contributed by atoms with van der Waals surface area (Å²) in [6, 6.07) is 21.9. The number of aromatic nitrogens is 1. The van der Waals surface area contributed by atoms with Gasteiger partial charge in [-0.05, 0) is 43.5 Å². The Bertz CT molecular complexity index is 930. The van der Waals surface area contributed by atoms with Gasteiger partial charge in [-0.3, -0.25) is 9.78 Å². The SMILES string of the molecule is CC(=O)/C=C(/C)O.CC(C)Cc1cccc2nc(-c3[c-]cccc3)ccc12.[Ir]. The predicted octanol–water partition coefficient (Wildman–Crippen LogP) is 5.94. The third-order valence-corrected chi connectivity index (χ3v) is 3.85. The van der Waals surface area contributed by atoms with Crippen LogP contribution in [0.5, 0.6) is 0 Å². The Hall–Kier alpha value is -2.29. The van der Waals surface area contributed by atoms with Crippen molar-refractivity contribution in [3.63, 3.8) is 0 Å². The smallest absolute Gasteiger partial charge is 0.155 e. The maximum Gasteiger partial charge on any atom is 0.155 e. The van der Waals surface area contributed by atoms with E-state index in [0.717, 1.165) is 23.2 Å². The summed E-state index contributed by atoms with van der Waals surface area (Å²) in [6.07, 6.45) is 2.26. The normalized spacial score (nSPS) is 10.8. The minimum Gasteiger partial charge on any atom is -0.512 e. The van der Waals surface area contributed by atoms with Crippen LogP contribution in [0.1, 0.15) is 33.3 Å². The van der Waals surface area contributed by atoms with Crippen LogP contribution in [0.15, 0.2) is 66.4 Å². The molecule has 1 heterocycles. The summed E-state index contributed by atoms with van der Waals surface area (Å²) in [5.41, 5.74) is 4.48. The molecule has 3 nitrogen and oxygen atoms in total. The fourth-order valence-corrected chi connectivity index (χ4v) is 2.83. The quantitative estimate of drug-likeness (QED) is 0.248. The van der Waals surface area contributed by atoms with Crippen LogP contribution in [0.3, 0.4) is 0 Å². The van der Waals surface area contributed by atoms with Gasteiger partial charge in [0.2, 0.25) is 0 Å². The first kappa shape index (κ1) is 23.7. The first-order valence-electron chi connectivity index (χ1n) is 9.10. The van der Waals surface area contributed by atoms with Crippen LogP contribution in [0.25, 0.3) is 22.2 Å². The first-order chi connectivity index (χ1) is 12.9. The molecule has 1 radical (unpaired) electrons. The topological polar surface area (TPSA) is 50.2 Å². The zero-order chi connectivity index (χ0) is 19.8. The molecule has 3 rings (SSSR count). The van der Waals surface area contributed by atoms with Gasteiger partial charge in [0.1, 0.15) is 0 Å². The van der Waals surface area contributed by atoms with Gasteiger partial charge in [0, 0.05) is 31.6 Å². The summed E-state index contributed by atoms with van der Waals surface area (Å²) >= 11 is 0. The van der Waals surface area contributed by atoms with Crippen LogP contribution in [0, 0.1) is 12.0 Å². The third kappa shape index (κ3) is 7.38. The Morgan fingerprint density at radius 1 is 1.11 bits per heavy atom. The van der Waals surface area contributed by atoms with Gasteiger partial charge in [-0.1, -0.05) is 38.1 Å². The van der Waals surface area contributed by atoms with Crippen molar-refractivity contribution in [2.75, 3.05) is 0 Å². The Balaban J connectivity index is 0.000000425. The summed E-state index contributed by atoms with van der Waals surface area (Å²) in [5.74, 6) is 0.593. The van der Waals surface area contributed by atoms with Crippen molar-refractivity contribution in [1.29, 1.82) is 0 Å². The second-order valence-corrected chi connectivity index (χ2v) is 6.95. The zero-order valence-corrected chi connectivity index (χ0v) is 19.1. The van der Waals surface area contributed by atoms with E-state index in [1.165, 1.54) is 30.9 Å². The maximum atomic E-state index is 10.0. The van der Waals surface area contributed by atoms with Gasteiger partial charge < -0.3 is 5.11 Å². The largest absolute Gasteiger partial charge is 0.512 e. The van der Waals surface area contributed by atoms with Crippen LogP contribution >= 0.6 is 0 Å². The minimum atomic E-state index is -0.125. The van der Waals surface area contributed by atoms with Gasteiger partial charge in [0.15, 0.2) is 5.78 Å². The van der Waals surface area contributed by atoms with E-state index < -0.39 is 0 Å². The molecule has 3 aromatic rings. The molecule has 1 aromatic heterocycles. The second-order valence-electron chi connectivity index (χ2n) is 6.95. The van der Waals surface area contributed by atoms with Gasteiger partial charge in [-0.25, -0.2) is 0 Å². The van der Waals surface area contributed by atoms with Crippen molar-refractivity contribution < 1.29 is 30.0 Å². The fourth-order valence-electron chi connectivity index (χ4n) is 2.83. The molecule has 0 amide bonds. The Morgan fingerprint density at radius 2 is 1.86 bits per heavy atom. The number of fused-ring (bicyclic) bond motifs is 1. The van der Waals surface area contributed by atoms with Gasteiger partial charge in [-0.15, -0.1) is 35.9 Å². The summed E-state index contributed by atoms with van der Waals surface area (Å²) in [5, 5.41) is 9.63. The van der Waals surface area contributed by atoms with Crippen molar-refractivity contribution >= 4 is 16.7 Å². The third-order valence-electron chi connectivity index (χ3n) is 3.85. The molecule has 0 saturated carbocycles. The maximum absolute atomic E-state index is 10.0. The van der Waals surface area contributed by atoms with Crippen LogP contribution < -0.4 is 0 Å². The molecule has 0 aliphatic carbocycles. The molecule has 0 unspecified atom stereocenters. The summed E-state index contributed by atoms with van der Waals surface area (Å²) in [4.78, 5) is 14.8. The molecule has 2 aromatic carbocycles. The average molecular weight is 553 g/mol. The second kappa shape index (κ2) is 11.5. The number of nitrogens with zero attached hydrogens (tertiary/aromatic N) is 1. The van der Waals surface area contributed by atoms with E-state index in [4.69, 9.17) is 10.1 Å². The fraction of sp³-hybridized carbons (Fsp3) is 0.250. The van der Waals surface area contributed by atoms with Crippen LogP contribution in [0.4, 0.5) is 0 Å². The number of carbonyl (C=O) groups excluding carboxylic acids is 1. The van der Waals surface area contributed by atoms with Crippen molar-refractivity contribution in [2.24, 2.45) is 5.92 Å². The van der Waals surface area contributed by atoms with Crippen LogP contribution in [0.2, 0.25) is 0 Å². The van der Waals surface area contributed by atoms with E-state index in [2.05, 4.69) is 50.2 Å². The molecule has 4 heteroatoms. The molecule has 0 aliphatic heterocycles. The Kier molecular flexibility index (Phi) is 9.78. The summed E-state index contributed by atoms with van der Waals surface area (Å²) in [6.45, 7) is 7.35. The molecule has 28 heavy (non-hydrogen) atoms. The number of allylic oxidation sites excluding steroid dienone is 2. The zero-order valence-electron chi connectivity index (χ0n) is 16.7. The first-order valence-corrected chi connectivity index (χ1v) is 9.10. The molecule has 0 spiro atoms. The van der Waals surface area contributed by atoms with E-state index >= 15 is 0 Å². The average Bonchev–Trinajstić information content (AvgIpc) is 2.61. The van der Waals surface area contributed by atoms with Gasteiger partial charge >= 0.3 is 0 Å². The molecule has 0 fully saturated rings. The van der Waals surface area contributed by atoms with E-state index in [0.29, 0.717) is 5.92 Å². The number of carbonyl (C=O) groups is 1. The number of pyridine rings is 1. The van der Waals surface area contributed by atoms with Crippen LogP contribution in [-0.4, -0.2) is 15.9 Å². The van der Waals surface area contributed by atoms with Crippen molar-refractivity contribution in [3.8, 4) is 11.3 Å². The molecule has 149 valence electrons. The molecular formula is C24H26IrNO2-. The van der Waals surface area contributed by atoms with Gasteiger partial charge in [0.25, 0.3) is 0 Å². The van der Waals surface area contributed by atoms with Crippen molar-refractivity contribution in [2.45, 2.75) is 34.1 Å². The monoisotopic (exact) mass is 553 g/mol. The Labute approximate surface area is 180 Å². The van der Waals surface area contributed by atoms with Crippen LogP contribution in [-0.2, 0) is 31.3 Å². The number of ketones is 1. The molecular weight excluding hydrogens is 526 g/mol. The number of hydrogen-bond donors (Lipinski definition) is 1. The molecule has 0 bridgehead atoms. The van der Waals surface area contributed by atoms with E-state index in [1.54, 1.807) is 0 Å². The van der Waals surface area contributed by atoms with Crippen molar-refractivity contribution in [3.05, 3.63) is 78.1 Å². The molecule has 0 saturated heterocycles. The summed E-state index contributed by atoms with van der Waals surface area (Å²) in [7, 11) is 0. The molecule has 0 aliphatic rings. The standard InChI is InChI=1S/C19H18N.C5H8O2.Ir/c1-14(2)13-16-9-6-10-19-17(16)11-12-18(20-19)15-7-4-3-5-8-15;1-4(6)3-5(2)7;/h3-7,9-12,14H,13H2,1-2H3;3,6H,1-2H3;/q-1;;/b;4-3-;. The number of benzene rings is 2. The van der Waals surface area contributed by atoms with E-state index in [-0.39, 0.29) is 31.6 Å². The van der Waals surface area contributed by atoms with E-state index in [1.807, 2.05) is 24.3 Å². The number of rotatable bonds is 4. The molecule has 0 atom stereocenters. The Morgan fingerprint density at radius 3 is 2.39 bits per heavy atom. The molecule has 1 N–H and O–H groups in total. The van der Waals surface area contributed by atoms with E-state index in [9.17, 15) is 4.79 Å². The number of aliphatic hydroxyl groups is 1. The summed E-state index contributed by atoms with van der Waals surface area (Å²) < 4.78 is 0. The number of aliphatic hydroxyl groups excluding tert-OH is 1. The van der Waals surface area contributed by atoms with Gasteiger partial charge in [0.05, 0.1) is 11.3 Å². The predicted molar refractivity (Wildman–Crippen MR) is 112 cm³/mol. The van der Waals surface area contributed by atoms with Gasteiger partial charge in [-0.2, -0.15) is 0 Å². The number of hydrogen-bond acceptors (Lipinski definition) is 3.